The van der Waals surface area contributed by atoms with E-state index >= 15 is 0 Å². The molecule has 6 nitrogen and oxygen atoms in total. The van der Waals surface area contributed by atoms with Crippen LogP contribution in [-0.4, -0.2) is 52.1 Å². The zero-order chi connectivity index (χ0) is 21.3. The molecule has 0 saturated carbocycles. The summed E-state index contributed by atoms with van der Waals surface area (Å²) in [6, 6.07) is 14.3. The third-order valence-electron chi connectivity index (χ3n) is 5.19. The van der Waals surface area contributed by atoms with E-state index in [2.05, 4.69) is 0 Å². The van der Waals surface area contributed by atoms with E-state index in [1.165, 1.54) is 15.6 Å². The van der Waals surface area contributed by atoms with Crippen LogP contribution in [0.1, 0.15) is 22.2 Å². The lowest BCUT2D eigenvalue weighted by molar-refractivity contribution is 0.0306. The third-order valence-corrected chi connectivity index (χ3v) is 8.21. The molecule has 0 unspecified atom stereocenters. The monoisotopic (exact) mass is 444 g/mol. The van der Waals surface area contributed by atoms with Gasteiger partial charge in [0.05, 0.1) is 28.7 Å². The Bertz CT molecular complexity index is 1160. The predicted molar refractivity (Wildman–Crippen MR) is 120 cm³/mol. The van der Waals surface area contributed by atoms with Gasteiger partial charge in [-0.05, 0) is 55.6 Å². The first kappa shape index (κ1) is 20.8. The first-order valence-electron chi connectivity index (χ1n) is 9.90. The lowest BCUT2D eigenvalue weighted by Gasteiger charge is -2.26. The molecule has 1 saturated heterocycles. The molecule has 0 aliphatic carbocycles. The maximum absolute atomic E-state index is 13.2. The summed E-state index contributed by atoms with van der Waals surface area (Å²) in [6.07, 6.45) is 0. The third kappa shape index (κ3) is 3.95. The second-order valence-electron chi connectivity index (χ2n) is 7.22. The Morgan fingerprint density at radius 2 is 1.80 bits per heavy atom. The van der Waals surface area contributed by atoms with Gasteiger partial charge in [-0.2, -0.15) is 0 Å². The number of fused-ring (bicyclic) bond motifs is 1. The maximum atomic E-state index is 13.2. The summed E-state index contributed by atoms with van der Waals surface area (Å²) in [5.74, 6) is 0.000625. The van der Waals surface area contributed by atoms with Crippen molar-refractivity contribution in [3.63, 3.8) is 0 Å². The number of ether oxygens (including phenoxy) is 1. The number of carbonyl (C=O) groups is 1. The molecular formula is C22H24N2O4S2. The van der Waals surface area contributed by atoms with E-state index in [1.807, 2.05) is 32.0 Å². The normalized spacial score (nSPS) is 14.8. The van der Waals surface area contributed by atoms with Gasteiger partial charge in [0.2, 0.25) is 0 Å². The van der Waals surface area contributed by atoms with Crippen molar-refractivity contribution in [2.75, 3.05) is 37.2 Å². The number of anilines is 1. The second kappa shape index (κ2) is 8.37. The molecule has 1 aliphatic heterocycles. The topological polar surface area (TPSA) is 66.9 Å². The molecule has 2 heterocycles. The highest BCUT2D eigenvalue weighted by Gasteiger charge is 2.25. The summed E-state index contributed by atoms with van der Waals surface area (Å²) in [6.45, 7) is 6.36. The number of amides is 1. The number of morpholine rings is 1. The lowest BCUT2D eigenvalue weighted by atomic mass is 10.2. The van der Waals surface area contributed by atoms with E-state index in [0.29, 0.717) is 43.4 Å². The first-order chi connectivity index (χ1) is 14.4. The molecule has 2 aromatic carbocycles. The molecule has 30 heavy (non-hydrogen) atoms. The van der Waals surface area contributed by atoms with E-state index in [9.17, 15) is 13.2 Å². The SMILES string of the molecule is CCN(c1ccc2sc(C(=O)N3CCOCC3)cc2c1)S(=O)(=O)c1ccc(C)cc1. The molecular weight excluding hydrogens is 420 g/mol. The van der Waals surface area contributed by atoms with Gasteiger partial charge >= 0.3 is 0 Å². The molecule has 0 bridgehead atoms. The zero-order valence-electron chi connectivity index (χ0n) is 17.0. The molecule has 0 N–H and O–H groups in total. The van der Waals surface area contributed by atoms with Crippen molar-refractivity contribution in [3.05, 3.63) is 59.0 Å². The largest absolute Gasteiger partial charge is 0.378 e. The fourth-order valence-corrected chi connectivity index (χ4v) is 6.02. The van der Waals surface area contributed by atoms with Gasteiger partial charge in [-0.15, -0.1) is 11.3 Å². The number of hydrogen-bond donors (Lipinski definition) is 0. The van der Waals surface area contributed by atoms with E-state index in [4.69, 9.17) is 4.74 Å². The molecule has 1 amide bonds. The van der Waals surface area contributed by atoms with E-state index in [0.717, 1.165) is 15.6 Å². The van der Waals surface area contributed by atoms with Crippen LogP contribution in [0.2, 0.25) is 0 Å². The molecule has 3 aromatic rings. The van der Waals surface area contributed by atoms with Crippen LogP contribution >= 0.6 is 11.3 Å². The van der Waals surface area contributed by atoms with Crippen LogP contribution in [0.15, 0.2) is 53.4 Å². The van der Waals surface area contributed by atoms with E-state index < -0.39 is 10.0 Å². The number of aryl methyl sites for hydroxylation is 1. The Morgan fingerprint density at radius 1 is 1.10 bits per heavy atom. The van der Waals surface area contributed by atoms with Crippen molar-refractivity contribution in [1.82, 2.24) is 4.90 Å². The summed E-state index contributed by atoms with van der Waals surface area (Å²) in [5, 5.41) is 0.867. The van der Waals surface area contributed by atoms with Crippen LogP contribution < -0.4 is 4.31 Å². The minimum Gasteiger partial charge on any atom is -0.378 e. The average Bonchev–Trinajstić information content (AvgIpc) is 3.18. The van der Waals surface area contributed by atoms with Crippen molar-refractivity contribution < 1.29 is 17.9 Å². The van der Waals surface area contributed by atoms with Crippen LogP contribution in [0.25, 0.3) is 10.1 Å². The van der Waals surface area contributed by atoms with Gasteiger partial charge in [-0.1, -0.05) is 17.7 Å². The van der Waals surface area contributed by atoms with Gasteiger partial charge < -0.3 is 9.64 Å². The number of rotatable bonds is 5. The van der Waals surface area contributed by atoms with Gasteiger partial charge in [0.1, 0.15) is 0 Å². The highest BCUT2D eigenvalue weighted by atomic mass is 32.2. The summed E-state index contributed by atoms with van der Waals surface area (Å²) >= 11 is 1.43. The minimum atomic E-state index is -3.67. The maximum Gasteiger partial charge on any atom is 0.264 e. The number of thiophene rings is 1. The number of carbonyl (C=O) groups excluding carboxylic acids is 1. The Kier molecular flexibility index (Phi) is 5.81. The molecule has 1 aromatic heterocycles. The number of hydrogen-bond acceptors (Lipinski definition) is 5. The highest BCUT2D eigenvalue weighted by molar-refractivity contribution is 7.92. The Hall–Kier alpha value is -2.42. The minimum absolute atomic E-state index is 0.000625. The second-order valence-corrected chi connectivity index (χ2v) is 10.2. The molecule has 0 spiro atoms. The van der Waals surface area contributed by atoms with Gasteiger partial charge in [-0.3, -0.25) is 9.10 Å². The van der Waals surface area contributed by atoms with Gasteiger partial charge in [0.25, 0.3) is 15.9 Å². The Balaban J connectivity index is 1.66. The zero-order valence-corrected chi connectivity index (χ0v) is 18.6. The standard InChI is InChI=1S/C22H24N2O4S2/c1-3-24(30(26,27)19-7-4-16(2)5-8-19)18-6-9-20-17(14-18)15-21(29-20)22(25)23-10-12-28-13-11-23/h4-9,14-15H,3,10-13H2,1-2H3. The number of sulfonamides is 1. The van der Waals surface area contributed by atoms with Crippen molar-refractivity contribution in [2.24, 2.45) is 0 Å². The van der Waals surface area contributed by atoms with Gasteiger partial charge in [0, 0.05) is 24.3 Å². The lowest BCUT2D eigenvalue weighted by Crippen LogP contribution is -2.40. The fraction of sp³-hybridized carbons (Fsp3) is 0.318. The summed E-state index contributed by atoms with van der Waals surface area (Å²) < 4.78 is 34.1. The fourth-order valence-electron chi connectivity index (χ4n) is 3.54. The average molecular weight is 445 g/mol. The van der Waals surface area contributed by atoms with E-state index in [-0.39, 0.29) is 10.8 Å². The van der Waals surface area contributed by atoms with Crippen LogP contribution in [0.3, 0.4) is 0 Å². The molecule has 0 atom stereocenters. The molecule has 8 heteroatoms. The van der Waals surface area contributed by atoms with Crippen molar-refractivity contribution in [3.8, 4) is 0 Å². The summed E-state index contributed by atoms with van der Waals surface area (Å²) in [5.41, 5.74) is 1.60. The molecule has 1 fully saturated rings. The summed E-state index contributed by atoms with van der Waals surface area (Å²) in [7, 11) is -3.67. The Morgan fingerprint density at radius 3 is 2.47 bits per heavy atom. The van der Waals surface area contributed by atoms with Crippen molar-refractivity contribution in [2.45, 2.75) is 18.7 Å². The Labute approximate surface area is 180 Å². The number of benzene rings is 2. The molecule has 1 aliphatic rings. The summed E-state index contributed by atoms with van der Waals surface area (Å²) in [4.78, 5) is 15.5. The van der Waals surface area contributed by atoms with Gasteiger partial charge in [0.15, 0.2) is 0 Å². The van der Waals surface area contributed by atoms with Crippen LogP contribution in [0, 0.1) is 6.92 Å². The quantitative estimate of drug-likeness (QED) is 0.599. The molecule has 4 rings (SSSR count). The van der Waals surface area contributed by atoms with Gasteiger partial charge in [-0.25, -0.2) is 8.42 Å². The predicted octanol–water partition coefficient (Wildman–Crippen LogP) is 3.90. The molecule has 0 radical (unpaired) electrons. The first-order valence-corrected chi connectivity index (χ1v) is 12.2. The molecule has 158 valence electrons. The van der Waals surface area contributed by atoms with E-state index in [1.54, 1.807) is 35.2 Å². The van der Waals surface area contributed by atoms with Crippen molar-refractivity contribution >= 4 is 43.0 Å². The van der Waals surface area contributed by atoms with Crippen LogP contribution in [0.4, 0.5) is 5.69 Å². The van der Waals surface area contributed by atoms with Crippen LogP contribution in [-0.2, 0) is 14.8 Å². The van der Waals surface area contributed by atoms with Crippen LogP contribution in [0.5, 0.6) is 0 Å². The highest BCUT2D eigenvalue weighted by Crippen LogP contribution is 2.32. The smallest absolute Gasteiger partial charge is 0.264 e. The number of nitrogens with zero attached hydrogens (tertiary/aromatic N) is 2. The van der Waals surface area contributed by atoms with Crippen molar-refractivity contribution in [1.29, 1.82) is 0 Å².